The number of phenols is 1. The second-order valence-electron chi connectivity index (χ2n) is 7.92. The number of aromatic hydroxyl groups is 1. The van der Waals surface area contributed by atoms with Crippen LogP contribution in [0.15, 0.2) is 42.4 Å². The number of thiazole rings is 1. The van der Waals surface area contributed by atoms with Crippen molar-refractivity contribution < 1.29 is 5.11 Å². The molecule has 1 saturated heterocycles. The molecule has 0 amide bonds. The summed E-state index contributed by atoms with van der Waals surface area (Å²) >= 11 is 1.60. The average molecular weight is 412 g/mol. The molecule has 2 aromatic rings. The van der Waals surface area contributed by atoms with E-state index in [4.69, 9.17) is 11.5 Å². The normalized spacial score (nSPS) is 20.9. The van der Waals surface area contributed by atoms with Gasteiger partial charge in [-0.2, -0.15) is 0 Å². The van der Waals surface area contributed by atoms with Crippen LogP contribution >= 0.6 is 11.3 Å². The topological polar surface area (TPSA) is 100 Å². The highest BCUT2D eigenvalue weighted by molar-refractivity contribution is 7.15. The van der Waals surface area contributed by atoms with Crippen LogP contribution in [-0.2, 0) is 0 Å². The number of hydrogen-bond donors (Lipinski definition) is 4. The van der Waals surface area contributed by atoms with Crippen LogP contribution in [0.25, 0.3) is 16.1 Å². The molecular weight excluding hydrogens is 382 g/mol. The Bertz CT molecular complexity index is 931. The van der Waals surface area contributed by atoms with E-state index < -0.39 is 0 Å². The summed E-state index contributed by atoms with van der Waals surface area (Å²) in [6.45, 7) is 3.85. The molecule has 1 unspecified atom stereocenters. The lowest BCUT2D eigenvalue weighted by molar-refractivity contribution is 0.300. The Balaban J connectivity index is 1.41. The first-order valence-electron chi connectivity index (χ1n) is 10.2. The second-order valence-corrected chi connectivity index (χ2v) is 9.15. The average Bonchev–Trinajstić information content (AvgIpc) is 3.31. The van der Waals surface area contributed by atoms with Gasteiger partial charge in [0.25, 0.3) is 0 Å². The molecule has 2 fully saturated rings. The molecule has 1 aliphatic heterocycles. The van der Waals surface area contributed by atoms with Gasteiger partial charge in [-0.05, 0) is 56.0 Å². The number of allylic oxidation sites excluding steroid dienone is 2. The van der Waals surface area contributed by atoms with Crippen LogP contribution in [0.4, 0.5) is 0 Å². The van der Waals surface area contributed by atoms with Gasteiger partial charge < -0.3 is 26.8 Å². The summed E-state index contributed by atoms with van der Waals surface area (Å²) in [5.41, 5.74) is 14.5. The summed E-state index contributed by atoms with van der Waals surface area (Å²) in [7, 11) is 0. The van der Waals surface area contributed by atoms with Crippen LogP contribution in [0.5, 0.6) is 5.75 Å². The number of phenolic OH excluding ortho intramolecular Hbond substituents is 1. The van der Waals surface area contributed by atoms with Gasteiger partial charge in [-0.1, -0.05) is 12.5 Å². The number of likely N-dealkylation sites (tertiary alicyclic amines) is 1. The van der Waals surface area contributed by atoms with Gasteiger partial charge >= 0.3 is 0 Å². The third kappa shape index (κ3) is 4.57. The van der Waals surface area contributed by atoms with Gasteiger partial charge in [-0.25, -0.2) is 4.98 Å². The summed E-state index contributed by atoms with van der Waals surface area (Å²) < 4.78 is 0. The zero-order valence-corrected chi connectivity index (χ0v) is 17.6. The maximum atomic E-state index is 10.4. The Morgan fingerprint density at radius 1 is 1.24 bits per heavy atom. The van der Waals surface area contributed by atoms with E-state index >= 15 is 0 Å². The standard InChI is InChI=1S/C22H29N5OS/c1-14-25-12-21(29-14)15-5-6-18(20(28)11-15)19(23)7-8-22(24)27-10-9-17(13-27)26-16-3-2-4-16/h5-8,11-12,16-17,26,28H,2-4,9-10,13,23-24H2,1H3/b19-7-,22-8+. The Morgan fingerprint density at radius 3 is 2.72 bits per heavy atom. The number of aromatic nitrogens is 1. The van der Waals surface area contributed by atoms with Gasteiger partial charge in [-0.3, -0.25) is 0 Å². The van der Waals surface area contributed by atoms with Crippen molar-refractivity contribution in [3.63, 3.8) is 0 Å². The molecule has 0 radical (unpaired) electrons. The zero-order chi connectivity index (χ0) is 20.4. The maximum Gasteiger partial charge on any atom is 0.125 e. The minimum Gasteiger partial charge on any atom is -0.507 e. The molecule has 6 N–H and O–H groups in total. The third-order valence-electron chi connectivity index (χ3n) is 5.78. The first kappa shape index (κ1) is 19.8. The fourth-order valence-electron chi connectivity index (χ4n) is 3.83. The summed E-state index contributed by atoms with van der Waals surface area (Å²) in [4.78, 5) is 7.48. The van der Waals surface area contributed by atoms with Gasteiger partial charge in [0.05, 0.1) is 15.7 Å². The highest BCUT2D eigenvalue weighted by Gasteiger charge is 2.27. The van der Waals surface area contributed by atoms with Crippen molar-refractivity contribution in [3.8, 4) is 16.2 Å². The zero-order valence-electron chi connectivity index (χ0n) is 16.8. The van der Waals surface area contributed by atoms with Crippen molar-refractivity contribution >= 4 is 17.0 Å². The van der Waals surface area contributed by atoms with Crippen LogP contribution in [0, 0.1) is 6.92 Å². The molecule has 0 spiro atoms. The molecule has 6 nitrogen and oxygen atoms in total. The molecule has 4 rings (SSSR count). The van der Waals surface area contributed by atoms with E-state index in [0.717, 1.165) is 35.0 Å². The van der Waals surface area contributed by atoms with Gasteiger partial charge in [0, 0.05) is 42.6 Å². The quantitative estimate of drug-likeness (QED) is 0.545. The van der Waals surface area contributed by atoms with Gasteiger partial charge in [-0.15, -0.1) is 11.3 Å². The van der Waals surface area contributed by atoms with Gasteiger partial charge in [0.1, 0.15) is 5.75 Å². The summed E-state index contributed by atoms with van der Waals surface area (Å²) in [5.74, 6) is 0.863. The lowest BCUT2D eigenvalue weighted by Gasteiger charge is -2.30. The third-order valence-corrected chi connectivity index (χ3v) is 6.74. The second kappa shape index (κ2) is 8.47. The minimum absolute atomic E-state index is 0.153. The van der Waals surface area contributed by atoms with E-state index in [9.17, 15) is 5.11 Å². The monoisotopic (exact) mass is 411 g/mol. The summed E-state index contributed by atoms with van der Waals surface area (Å²) in [6, 6.07) is 6.73. The maximum absolute atomic E-state index is 10.4. The highest BCUT2D eigenvalue weighted by Crippen LogP contribution is 2.32. The van der Waals surface area contributed by atoms with Crippen LogP contribution in [-0.4, -0.2) is 40.2 Å². The number of nitrogens with two attached hydrogens (primary N) is 2. The molecule has 29 heavy (non-hydrogen) atoms. The molecule has 154 valence electrons. The molecule has 2 aliphatic rings. The van der Waals surface area contributed by atoms with Gasteiger partial charge in [0.2, 0.25) is 0 Å². The minimum atomic E-state index is 0.153. The van der Waals surface area contributed by atoms with Crippen molar-refractivity contribution in [2.24, 2.45) is 11.5 Å². The molecular formula is C22H29N5OS. The predicted octanol–water partition coefficient (Wildman–Crippen LogP) is 3.14. The predicted molar refractivity (Wildman–Crippen MR) is 119 cm³/mol. The van der Waals surface area contributed by atoms with E-state index in [-0.39, 0.29) is 5.75 Å². The lowest BCUT2D eigenvalue weighted by atomic mass is 9.92. The first-order chi connectivity index (χ1) is 14.0. The van der Waals surface area contributed by atoms with E-state index in [1.807, 2.05) is 31.3 Å². The first-order valence-corrected chi connectivity index (χ1v) is 11.0. The number of rotatable bonds is 6. The summed E-state index contributed by atoms with van der Waals surface area (Å²) in [6.07, 6.45) is 10.5. The number of nitrogens with zero attached hydrogens (tertiary/aromatic N) is 2. The van der Waals surface area contributed by atoms with Crippen molar-refractivity contribution in [3.05, 3.63) is 52.9 Å². The lowest BCUT2D eigenvalue weighted by Crippen LogP contribution is -2.43. The van der Waals surface area contributed by atoms with Crippen molar-refractivity contribution in [2.75, 3.05) is 13.1 Å². The number of nitrogens with one attached hydrogen (secondary N) is 1. The van der Waals surface area contributed by atoms with Crippen LogP contribution in [0.1, 0.15) is 36.3 Å². The molecule has 1 saturated carbocycles. The molecule has 1 atom stereocenters. The SMILES string of the molecule is Cc1ncc(-c2ccc(/C(N)=C/C=C(\N)N3CCC(NC4CCC4)C3)c(O)c2)s1. The largest absolute Gasteiger partial charge is 0.507 e. The Hall–Kier alpha value is -2.51. The van der Waals surface area contributed by atoms with Crippen molar-refractivity contribution in [1.29, 1.82) is 0 Å². The number of benzene rings is 1. The highest BCUT2D eigenvalue weighted by atomic mass is 32.1. The Morgan fingerprint density at radius 2 is 2.07 bits per heavy atom. The Kier molecular flexibility index (Phi) is 5.78. The van der Waals surface area contributed by atoms with E-state index in [1.165, 1.54) is 19.3 Å². The fourth-order valence-corrected chi connectivity index (χ4v) is 4.61. The number of aryl methyl sites for hydroxylation is 1. The van der Waals surface area contributed by atoms with E-state index in [2.05, 4.69) is 15.2 Å². The smallest absolute Gasteiger partial charge is 0.125 e. The molecule has 1 aromatic heterocycles. The number of hydrogen-bond acceptors (Lipinski definition) is 7. The molecule has 1 aliphatic carbocycles. The molecule has 7 heteroatoms. The molecule has 0 bridgehead atoms. The summed E-state index contributed by atoms with van der Waals surface area (Å²) in [5, 5.41) is 15.2. The van der Waals surface area contributed by atoms with Crippen LogP contribution < -0.4 is 16.8 Å². The molecule has 2 heterocycles. The van der Waals surface area contributed by atoms with Crippen LogP contribution in [0.3, 0.4) is 0 Å². The van der Waals surface area contributed by atoms with E-state index in [1.54, 1.807) is 23.5 Å². The van der Waals surface area contributed by atoms with E-state index in [0.29, 0.717) is 29.2 Å². The fraction of sp³-hybridized carbons (Fsp3) is 0.409. The van der Waals surface area contributed by atoms with Gasteiger partial charge in [0.15, 0.2) is 0 Å². The molecule has 1 aromatic carbocycles. The van der Waals surface area contributed by atoms with Crippen LogP contribution in [0.2, 0.25) is 0 Å². The van der Waals surface area contributed by atoms with Crippen molar-refractivity contribution in [2.45, 2.75) is 44.7 Å². The van der Waals surface area contributed by atoms with Crippen molar-refractivity contribution in [1.82, 2.24) is 15.2 Å². The Labute approximate surface area is 175 Å².